The molecule has 0 saturated carbocycles. The first-order chi connectivity index (χ1) is 12.8. The quantitative estimate of drug-likeness (QED) is 0.708. The van der Waals surface area contributed by atoms with Gasteiger partial charge in [-0.05, 0) is 19.1 Å². The van der Waals surface area contributed by atoms with Crippen molar-refractivity contribution in [1.29, 1.82) is 0 Å². The van der Waals surface area contributed by atoms with E-state index in [1.54, 1.807) is 13.0 Å². The molecule has 0 radical (unpaired) electrons. The fourth-order valence-corrected chi connectivity index (χ4v) is 2.08. The lowest BCUT2D eigenvalue weighted by Crippen LogP contribution is -2.33. The van der Waals surface area contributed by atoms with Gasteiger partial charge in [0.1, 0.15) is 12.0 Å². The average Bonchev–Trinajstić information content (AvgIpc) is 3.12. The molecule has 0 spiro atoms. The van der Waals surface area contributed by atoms with Crippen LogP contribution in [0.1, 0.15) is 24.5 Å². The zero-order chi connectivity index (χ0) is 19.4. The summed E-state index contributed by atoms with van der Waals surface area (Å²) in [7, 11) is 0. The van der Waals surface area contributed by atoms with Gasteiger partial charge in [-0.1, -0.05) is 0 Å². The maximum absolute atomic E-state index is 12.7. The largest absolute Gasteiger partial charge is 0.433 e. The third-order valence-corrected chi connectivity index (χ3v) is 3.22. The Bertz CT molecular complexity index is 929. The highest BCUT2D eigenvalue weighted by Gasteiger charge is 2.33. The number of hydrogen-bond acceptors (Lipinski definition) is 7. The molecule has 140 valence electrons. The van der Waals surface area contributed by atoms with E-state index in [4.69, 9.17) is 0 Å². The monoisotopic (exact) mass is 379 g/mol. The van der Waals surface area contributed by atoms with E-state index < -0.39 is 29.9 Å². The number of carbonyl (C=O) groups is 1. The van der Waals surface area contributed by atoms with Crippen LogP contribution in [0.3, 0.4) is 0 Å². The number of nitrogens with one attached hydrogen (secondary N) is 2. The lowest BCUT2D eigenvalue weighted by atomic mass is 10.3. The first-order valence-corrected chi connectivity index (χ1v) is 7.49. The van der Waals surface area contributed by atoms with E-state index in [1.807, 2.05) is 0 Å². The Labute approximate surface area is 149 Å². The van der Waals surface area contributed by atoms with Crippen molar-refractivity contribution in [1.82, 2.24) is 40.0 Å². The normalized spacial score (nSPS) is 12.4. The molecule has 1 atom stereocenters. The summed E-state index contributed by atoms with van der Waals surface area (Å²) in [6, 6.07) is 0.852. The van der Waals surface area contributed by atoms with E-state index >= 15 is 0 Å². The predicted octanol–water partition coefficient (Wildman–Crippen LogP) is 1.75. The highest BCUT2D eigenvalue weighted by atomic mass is 19.4. The van der Waals surface area contributed by atoms with Crippen LogP contribution < -0.4 is 10.6 Å². The Kier molecular flexibility index (Phi) is 4.92. The number of rotatable bonds is 4. The van der Waals surface area contributed by atoms with Crippen molar-refractivity contribution < 1.29 is 18.0 Å². The summed E-state index contributed by atoms with van der Waals surface area (Å²) >= 11 is 0. The molecule has 0 saturated heterocycles. The van der Waals surface area contributed by atoms with Gasteiger partial charge in [0, 0.05) is 18.6 Å². The van der Waals surface area contributed by atoms with Crippen LogP contribution >= 0.6 is 0 Å². The van der Waals surface area contributed by atoms with E-state index in [-0.39, 0.29) is 5.95 Å². The van der Waals surface area contributed by atoms with E-state index in [2.05, 4.69) is 40.7 Å². The van der Waals surface area contributed by atoms with Crippen molar-refractivity contribution in [3.8, 4) is 5.95 Å². The van der Waals surface area contributed by atoms with Crippen LogP contribution in [-0.4, -0.2) is 40.7 Å². The second-order valence-electron chi connectivity index (χ2n) is 5.16. The molecule has 0 aliphatic carbocycles. The van der Waals surface area contributed by atoms with E-state index in [1.165, 1.54) is 23.4 Å². The number of nitrogens with zero attached hydrogens (tertiary/aromatic N) is 7. The van der Waals surface area contributed by atoms with Crippen LogP contribution in [-0.2, 0) is 6.18 Å². The molecule has 3 rings (SSSR count). The maximum atomic E-state index is 12.7. The number of carbonyl (C=O) groups excluding carboxylic acids is 1. The first kappa shape index (κ1) is 18.2. The van der Waals surface area contributed by atoms with Gasteiger partial charge in [0.2, 0.25) is 5.95 Å². The minimum absolute atomic E-state index is 0.250. The van der Waals surface area contributed by atoms with Crippen LogP contribution in [0.25, 0.3) is 5.95 Å². The van der Waals surface area contributed by atoms with Crippen molar-refractivity contribution in [2.45, 2.75) is 19.1 Å². The number of amides is 2. The molecule has 0 aromatic carbocycles. The van der Waals surface area contributed by atoms with E-state index in [9.17, 15) is 18.0 Å². The summed E-state index contributed by atoms with van der Waals surface area (Å²) in [6.45, 7) is 1.61. The lowest BCUT2D eigenvalue weighted by molar-refractivity contribution is -0.141. The highest BCUT2D eigenvalue weighted by molar-refractivity contribution is 5.87. The minimum Gasteiger partial charge on any atom is -0.328 e. The Hall–Kier alpha value is -3.64. The van der Waals surface area contributed by atoms with Crippen molar-refractivity contribution in [2.24, 2.45) is 0 Å². The smallest absolute Gasteiger partial charge is 0.328 e. The van der Waals surface area contributed by atoms with E-state index in [0.29, 0.717) is 11.9 Å². The van der Waals surface area contributed by atoms with Gasteiger partial charge < -0.3 is 5.32 Å². The molecule has 0 aliphatic rings. The summed E-state index contributed by atoms with van der Waals surface area (Å²) in [6.07, 6.45) is 0.554. The minimum atomic E-state index is -4.64. The summed E-state index contributed by atoms with van der Waals surface area (Å²) in [5.74, 6) is 0.0870. The first-order valence-electron chi connectivity index (χ1n) is 7.49. The molecular formula is C14H12F3N9O. The molecule has 10 nitrogen and oxygen atoms in total. The third kappa shape index (κ3) is 4.31. The molecule has 2 amide bonds. The van der Waals surface area contributed by atoms with Gasteiger partial charge in [0.25, 0.3) is 5.95 Å². The van der Waals surface area contributed by atoms with Crippen LogP contribution in [0, 0.1) is 0 Å². The van der Waals surface area contributed by atoms with Crippen molar-refractivity contribution in [3.05, 3.63) is 48.6 Å². The molecule has 0 aliphatic heterocycles. The SMILES string of the molecule is CC(NC(=O)Nc1nccc(C(F)(F)F)n1)c1ncnn1-c1ncccn1. The van der Waals surface area contributed by atoms with Gasteiger partial charge >= 0.3 is 12.2 Å². The fourth-order valence-electron chi connectivity index (χ4n) is 2.08. The molecule has 3 aromatic heterocycles. The zero-order valence-corrected chi connectivity index (χ0v) is 13.7. The molecule has 1 unspecified atom stereocenters. The predicted molar refractivity (Wildman–Crippen MR) is 84.6 cm³/mol. The van der Waals surface area contributed by atoms with Gasteiger partial charge in [-0.2, -0.15) is 23.0 Å². The summed E-state index contributed by atoms with van der Waals surface area (Å²) in [5.41, 5.74) is -1.16. The van der Waals surface area contributed by atoms with E-state index in [0.717, 1.165) is 6.20 Å². The molecule has 13 heteroatoms. The number of aromatic nitrogens is 7. The van der Waals surface area contributed by atoms with Crippen molar-refractivity contribution in [2.75, 3.05) is 5.32 Å². The second-order valence-corrected chi connectivity index (χ2v) is 5.16. The molecule has 27 heavy (non-hydrogen) atoms. The molecular weight excluding hydrogens is 367 g/mol. The van der Waals surface area contributed by atoms with Crippen LogP contribution in [0.5, 0.6) is 0 Å². The summed E-state index contributed by atoms with van der Waals surface area (Å²) < 4.78 is 39.3. The molecule has 0 bridgehead atoms. The topological polar surface area (TPSA) is 123 Å². The second kappa shape index (κ2) is 7.31. The van der Waals surface area contributed by atoms with Crippen molar-refractivity contribution >= 4 is 12.0 Å². The summed E-state index contributed by atoms with van der Waals surface area (Å²) in [5, 5.41) is 8.65. The molecule has 3 heterocycles. The molecule has 2 N–H and O–H groups in total. The Morgan fingerprint density at radius 2 is 1.89 bits per heavy atom. The Balaban J connectivity index is 1.70. The fraction of sp³-hybridized carbons (Fsp3) is 0.214. The number of anilines is 1. The lowest BCUT2D eigenvalue weighted by Gasteiger charge is -2.14. The number of urea groups is 1. The molecule has 0 fully saturated rings. The molecule has 3 aromatic rings. The standard InChI is InChI=1S/C14H12F3N9O/c1-8(10-21-7-22-26(10)12-19-4-2-5-20-12)23-13(27)25-11-18-6-3-9(24-11)14(15,16)17/h2-8H,1H3,(H2,18,23,24,25,27). The number of alkyl halides is 3. The van der Waals surface area contributed by atoms with Crippen LogP contribution in [0.15, 0.2) is 37.1 Å². The van der Waals surface area contributed by atoms with Gasteiger partial charge in [-0.25, -0.2) is 29.7 Å². The van der Waals surface area contributed by atoms with Gasteiger partial charge in [0.05, 0.1) is 6.04 Å². The van der Waals surface area contributed by atoms with Gasteiger partial charge in [0.15, 0.2) is 5.82 Å². The Morgan fingerprint density at radius 1 is 1.15 bits per heavy atom. The van der Waals surface area contributed by atoms with Crippen LogP contribution in [0.4, 0.5) is 23.9 Å². The van der Waals surface area contributed by atoms with Crippen LogP contribution in [0.2, 0.25) is 0 Å². The number of halogens is 3. The van der Waals surface area contributed by atoms with Crippen molar-refractivity contribution in [3.63, 3.8) is 0 Å². The summed E-state index contributed by atoms with van der Waals surface area (Å²) in [4.78, 5) is 31.0. The number of hydrogen-bond donors (Lipinski definition) is 2. The average molecular weight is 379 g/mol. The van der Waals surface area contributed by atoms with Gasteiger partial charge in [-0.15, -0.1) is 0 Å². The zero-order valence-electron chi connectivity index (χ0n) is 13.7. The highest BCUT2D eigenvalue weighted by Crippen LogP contribution is 2.27. The Morgan fingerprint density at radius 3 is 2.59 bits per heavy atom. The maximum Gasteiger partial charge on any atom is 0.433 e. The third-order valence-electron chi connectivity index (χ3n) is 3.22. The van der Waals surface area contributed by atoms with Gasteiger partial charge in [-0.3, -0.25) is 5.32 Å².